The quantitative estimate of drug-likeness (QED) is 0.423. The van der Waals surface area contributed by atoms with E-state index < -0.39 is 4.92 Å². The molecule has 0 saturated carbocycles. The third-order valence-electron chi connectivity index (χ3n) is 4.12. The van der Waals surface area contributed by atoms with Crippen LogP contribution >= 0.6 is 11.8 Å². The summed E-state index contributed by atoms with van der Waals surface area (Å²) in [5.41, 5.74) is 1.65. The molecule has 0 aliphatic carbocycles. The number of hydrogen-bond acceptors (Lipinski definition) is 5. The van der Waals surface area contributed by atoms with E-state index in [-0.39, 0.29) is 23.7 Å². The number of carbonyl (C=O) groups is 1. The summed E-state index contributed by atoms with van der Waals surface area (Å²) in [6.07, 6.45) is 3.70. The van der Waals surface area contributed by atoms with E-state index in [9.17, 15) is 14.9 Å². The van der Waals surface area contributed by atoms with Gasteiger partial charge < -0.3 is 4.57 Å². The molecular weight excluding hydrogens is 376 g/mol. The molecule has 1 amide bonds. The minimum Gasteiger partial charge on any atom is -0.317 e. The molecule has 1 aromatic heterocycles. The normalized spacial score (nSPS) is 17.5. The van der Waals surface area contributed by atoms with Gasteiger partial charge in [0.1, 0.15) is 0 Å². The molecule has 8 heteroatoms. The summed E-state index contributed by atoms with van der Waals surface area (Å²) in [6, 6.07) is 10.2. The summed E-state index contributed by atoms with van der Waals surface area (Å²) < 4.78 is 1.89. The largest absolute Gasteiger partial charge is 0.317 e. The maximum Gasteiger partial charge on any atom is 0.269 e. The molecule has 3 rings (SSSR count). The Hall–Kier alpha value is -2.87. The van der Waals surface area contributed by atoms with Crippen LogP contribution in [-0.4, -0.2) is 37.5 Å². The van der Waals surface area contributed by atoms with Gasteiger partial charge in [-0.15, -0.1) is 0 Å². The van der Waals surface area contributed by atoms with Crippen LogP contribution in [0.15, 0.2) is 52.5 Å². The van der Waals surface area contributed by atoms with Crippen molar-refractivity contribution in [1.82, 2.24) is 9.47 Å². The molecule has 0 spiro atoms. The van der Waals surface area contributed by atoms with E-state index in [2.05, 4.69) is 4.99 Å². The van der Waals surface area contributed by atoms with E-state index in [4.69, 9.17) is 0 Å². The molecule has 0 unspecified atom stereocenters. The number of nitro benzene ring substituents is 1. The molecule has 1 saturated heterocycles. The Morgan fingerprint density at radius 2 is 1.82 bits per heavy atom. The van der Waals surface area contributed by atoms with Gasteiger partial charge in [0.05, 0.1) is 9.83 Å². The van der Waals surface area contributed by atoms with E-state index in [1.54, 1.807) is 17.0 Å². The first-order valence-electron chi connectivity index (χ1n) is 9.01. The molecule has 1 aliphatic rings. The fourth-order valence-electron chi connectivity index (χ4n) is 2.87. The Morgan fingerprint density at radius 1 is 1.14 bits per heavy atom. The second kappa shape index (κ2) is 8.02. The topological polar surface area (TPSA) is 80.7 Å². The number of aliphatic imine (C=N–C) groups is 1. The van der Waals surface area contributed by atoms with Crippen LogP contribution in [-0.2, 0) is 4.79 Å². The van der Waals surface area contributed by atoms with Crippen LogP contribution in [0.25, 0.3) is 11.8 Å². The molecule has 0 N–H and O–H groups in total. The maximum absolute atomic E-state index is 12.9. The van der Waals surface area contributed by atoms with Crippen LogP contribution < -0.4 is 0 Å². The zero-order valence-electron chi connectivity index (χ0n) is 16.2. The summed E-state index contributed by atoms with van der Waals surface area (Å²) in [7, 11) is 0. The van der Waals surface area contributed by atoms with Crippen molar-refractivity contribution in [2.45, 2.75) is 39.8 Å². The van der Waals surface area contributed by atoms with Gasteiger partial charge in [-0.3, -0.25) is 24.8 Å². The Kier molecular flexibility index (Phi) is 5.69. The number of nitro groups is 1. The van der Waals surface area contributed by atoms with E-state index >= 15 is 0 Å². The Balaban J connectivity index is 1.96. The number of nitrogens with zero attached hydrogens (tertiary/aromatic N) is 4. The van der Waals surface area contributed by atoms with Crippen molar-refractivity contribution in [2.75, 3.05) is 0 Å². The number of non-ortho nitro benzene ring substituents is 1. The lowest BCUT2D eigenvalue weighted by atomic mass is 10.2. The summed E-state index contributed by atoms with van der Waals surface area (Å²) in [6.45, 7) is 7.91. The molecular formula is C20H22N4O3S. The molecule has 28 heavy (non-hydrogen) atoms. The summed E-state index contributed by atoms with van der Waals surface area (Å²) >= 11 is 1.38. The van der Waals surface area contributed by atoms with Crippen LogP contribution in [0, 0.1) is 10.1 Å². The predicted molar refractivity (Wildman–Crippen MR) is 113 cm³/mol. The number of carbonyl (C=O) groups excluding carboxylic acids is 1. The highest BCUT2D eigenvalue weighted by Gasteiger charge is 2.35. The van der Waals surface area contributed by atoms with Crippen molar-refractivity contribution in [3.05, 3.63) is 63.3 Å². The van der Waals surface area contributed by atoms with E-state index in [1.165, 1.54) is 23.9 Å². The Labute approximate surface area is 167 Å². The van der Waals surface area contributed by atoms with Crippen LogP contribution in [0.2, 0.25) is 0 Å². The highest BCUT2D eigenvalue weighted by Crippen LogP contribution is 2.34. The van der Waals surface area contributed by atoms with Gasteiger partial charge >= 0.3 is 0 Å². The van der Waals surface area contributed by atoms with Crippen LogP contribution in [0.1, 0.15) is 33.4 Å². The van der Waals surface area contributed by atoms with Gasteiger partial charge in [0.25, 0.3) is 11.6 Å². The van der Waals surface area contributed by atoms with Crippen LogP contribution in [0.4, 0.5) is 5.69 Å². The standard InChI is InChI=1S/C20H22N4O3S/c1-13(2)21-20-23(14(3)4)19(25)18(28-20)12-17-6-5-11-22(17)15-7-9-16(10-8-15)24(26)27/h5-14H,1-4H3/b18-12+,21-20?. The Morgan fingerprint density at radius 3 is 2.39 bits per heavy atom. The summed E-state index contributed by atoms with van der Waals surface area (Å²) in [5, 5.41) is 11.6. The zero-order valence-corrected chi connectivity index (χ0v) is 17.0. The second-order valence-electron chi connectivity index (χ2n) is 6.96. The smallest absolute Gasteiger partial charge is 0.269 e. The number of benzene rings is 1. The first-order chi connectivity index (χ1) is 13.3. The molecule has 1 fully saturated rings. The lowest BCUT2D eigenvalue weighted by Crippen LogP contribution is -2.35. The average molecular weight is 398 g/mol. The van der Waals surface area contributed by atoms with E-state index in [0.29, 0.717) is 4.91 Å². The van der Waals surface area contributed by atoms with Gasteiger partial charge in [0.2, 0.25) is 0 Å². The zero-order chi connectivity index (χ0) is 20.4. The summed E-state index contributed by atoms with van der Waals surface area (Å²) in [5.74, 6) is -0.0594. The van der Waals surface area contributed by atoms with Crippen molar-refractivity contribution in [1.29, 1.82) is 0 Å². The Bertz CT molecular complexity index is 958. The van der Waals surface area contributed by atoms with Crippen molar-refractivity contribution in [2.24, 2.45) is 4.99 Å². The first kappa shape index (κ1) is 19.9. The molecule has 146 valence electrons. The number of rotatable bonds is 5. The molecule has 2 aromatic rings. The van der Waals surface area contributed by atoms with Crippen LogP contribution in [0.5, 0.6) is 0 Å². The van der Waals surface area contributed by atoms with Crippen molar-refractivity contribution < 1.29 is 9.72 Å². The molecule has 0 bridgehead atoms. The lowest BCUT2D eigenvalue weighted by Gasteiger charge is -2.20. The van der Waals surface area contributed by atoms with Crippen LogP contribution in [0.3, 0.4) is 0 Å². The lowest BCUT2D eigenvalue weighted by molar-refractivity contribution is -0.384. The number of amides is 1. The summed E-state index contributed by atoms with van der Waals surface area (Å²) in [4.78, 5) is 30.3. The fraction of sp³-hybridized carbons (Fsp3) is 0.300. The van der Waals surface area contributed by atoms with Crippen molar-refractivity contribution >= 4 is 34.6 Å². The number of amidine groups is 1. The second-order valence-corrected chi connectivity index (χ2v) is 7.97. The average Bonchev–Trinajstić information content (AvgIpc) is 3.19. The van der Waals surface area contributed by atoms with E-state index in [0.717, 1.165) is 16.5 Å². The molecule has 7 nitrogen and oxygen atoms in total. The number of hydrogen-bond donors (Lipinski definition) is 0. The third-order valence-corrected chi connectivity index (χ3v) is 5.12. The SMILES string of the molecule is CC(C)N=C1S/C(=C/c2cccn2-c2ccc([N+](=O)[O-])cc2)C(=O)N1C(C)C. The van der Waals surface area contributed by atoms with Gasteiger partial charge in [-0.05, 0) is 69.8 Å². The highest BCUT2D eigenvalue weighted by molar-refractivity contribution is 8.18. The van der Waals surface area contributed by atoms with Crippen molar-refractivity contribution in [3.8, 4) is 5.69 Å². The monoisotopic (exact) mass is 398 g/mol. The van der Waals surface area contributed by atoms with Gasteiger partial charge in [-0.25, -0.2) is 0 Å². The number of aromatic nitrogens is 1. The molecule has 0 atom stereocenters. The van der Waals surface area contributed by atoms with Gasteiger partial charge in [0, 0.05) is 41.8 Å². The minimum absolute atomic E-state index is 0.0184. The molecule has 1 aliphatic heterocycles. The number of thioether (sulfide) groups is 1. The highest BCUT2D eigenvalue weighted by atomic mass is 32.2. The molecule has 1 aromatic carbocycles. The van der Waals surface area contributed by atoms with Gasteiger partial charge in [-0.2, -0.15) is 0 Å². The van der Waals surface area contributed by atoms with Gasteiger partial charge in [-0.1, -0.05) is 0 Å². The van der Waals surface area contributed by atoms with Crippen molar-refractivity contribution in [3.63, 3.8) is 0 Å². The molecule has 2 heterocycles. The third kappa shape index (κ3) is 4.01. The van der Waals surface area contributed by atoms with E-state index in [1.807, 2.05) is 56.7 Å². The van der Waals surface area contributed by atoms with Gasteiger partial charge in [0.15, 0.2) is 5.17 Å². The fourth-order valence-corrected chi connectivity index (χ4v) is 4.09. The minimum atomic E-state index is -0.424. The molecule has 0 radical (unpaired) electrons. The maximum atomic E-state index is 12.9. The predicted octanol–water partition coefficient (Wildman–Crippen LogP) is 4.47. The first-order valence-corrected chi connectivity index (χ1v) is 9.82.